The van der Waals surface area contributed by atoms with Crippen LogP contribution < -0.4 is 14.9 Å². The number of methoxy groups -OCH3 is 1. The zero-order chi connectivity index (χ0) is 19.8. The highest BCUT2D eigenvalue weighted by atomic mass is 79.9. The van der Waals surface area contributed by atoms with Gasteiger partial charge in [-0.15, -0.1) is 0 Å². The van der Waals surface area contributed by atoms with Gasteiger partial charge in [-0.1, -0.05) is 29.3 Å². The van der Waals surface area contributed by atoms with Gasteiger partial charge in [-0.05, 0) is 52.7 Å². The number of nitrogens with one attached hydrogen (secondary N) is 1. The Balaban J connectivity index is 2.16. The first-order chi connectivity index (χ1) is 13.0. The number of ether oxygens (including phenoxy) is 3. The van der Waals surface area contributed by atoms with Crippen LogP contribution in [0.5, 0.6) is 11.5 Å². The third kappa shape index (κ3) is 6.02. The number of carbonyl (C=O) groups is 1. The summed E-state index contributed by atoms with van der Waals surface area (Å²) in [4.78, 5) is 11.2. The molecule has 1 amide bonds. The van der Waals surface area contributed by atoms with E-state index >= 15 is 0 Å². The first-order valence-corrected chi connectivity index (χ1v) is 9.40. The predicted octanol–water partition coefficient (Wildman–Crippen LogP) is 5.42. The first-order valence-electron chi connectivity index (χ1n) is 7.85. The van der Waals surface area contributed by atoms with Crippen LogP contribution in [0.4, 0.5) is 4.79 Å². The summed E-state index contributed by atoms with van der Waals surface area (Å²) in [7, 11) is 1.52. The molecule has 0 aromatic heterocycles. The molecule has 0 radical (unpaired) electrons. The van der Waals surface area contributed by atoms with Gasteiger partial charge in [0.05, 0.1) is 24.4 Å². The van der Waals surface area contributed by atoms with Crippen LogP contribution in [0.2, 0.25) is 10.0 Å². The Hall–Kier alpha value is -1.96. The molecule has 0 bridgehead atoms. The van der Waals surface area contributed by atoms with Crippen molar-refractivity contribution in [1.82, 2.24) is 5.43 Å². The molecule has 0 spiro atoms. The van der Waals surface area contributed by atoms with Crippen LogP contribution in [0.3, 0.4) is 0 Å². The van der Waals surface area contributed by atoms with Gasteiger partial charge < -0.3 is 14.2 Å². The molecule has 144 valence electrons. The summed E-state index contributed by atoms with van der Waals surface area (Å²) in [6.07, 6.45) is 0.829. The minimum atomic E-state index is -0.628. The molecule has 2 rings (SSSR count). The topological polar surface area (TPSA) is 69.2 Å². The molecule has 27 heavy (non-hydrogen) atoms. The van der Waals surface area contributed by atoms with Crippen LogP contribution >= 0.6 is 39.1 Å². The Morgan fingerprint density at radius 3 is 2.63 bits per heavy atom. The van der Waals surface area contributed by atoms with Gasteiger partial charge in [0.25, 0.3) is 0 Å². The monoisotopic (exact) mass is 474 g/mol. The number of hydrogen-bond donors (Lipinski definition) is 1. The zero-order valence-corrected chi connectivity index (χ0v) is 17.7. The third-order valence-corrected chi connectivity index (χ3v) is 4.62. The Morgan fingerprint density at radius 1 is 1.30 bits per heavy atom. The second kappa shape index (κ2) is 10.4. The van der Waals surface area contributed by atoms with E-state index in [0.29, 0.717) is 37.1 Å². The molecule has 0 aliphatic carbocycles. The summed E-state index contributed by atoms with van der Waals surface area (Å²) in [5.41, 5.74) is 3.61. The van der Waals surface area contributed by atoms with Crippen molar-refractivity contribution in [3.8, 4) is 11.5 Å². The average molecular weight is 476 g/mol. The van der Waals surface area contributed by atoms with Crippen LogP contribution in [0, 0.1) is 0 Å². The molecule has 9 heteroatoms. The summed E-state index contributed by atoms with van der Waals surface area (Å²) in [5, 5.41) is 4.86. The molecule has 0 heterocycles. The number of benzene rings is 2. The van der Waals surface area contributed by atoms with Gasteiger partial charge in [0.1, 0.15) is 6.61 Å². The lowest BCUT2D eigenvalue weighted by Crippen LogP contribution is -2.18. The average Bonchev–Trinajstić information content (AvgIpc) is 2.62. The highest BCUT2D eigenvalue weighted by molar-refractivity contribution is 9.10. The van der Waals surface area contributed by atoms with E-state index in [2.05, 4.69) is 26.5 Å². The molecule has 0 aliphatic heterocycles. The number of hydrazone groups is 1. The maximum Gasteiger partial charge on any atom is 0.427 e. The highest BCUT2D eigenvalue weighted by Gasteiger charge is 2.14. The van der Waals surface area contributed by atoms with E-state index in [-0.39, 0.29) is 13.2 Å². The molecule has 0 saturated carbocycles. The van der Waals surface area contributed by atoms with Crippen LogP contribution in [0.25, 0.3) is 0 Å². The maximum atomic E-state index is 11.2. The largest absolute Gasteiger partial charge is 0.493 e. The van der Waals surface area contributed by atoms with E-state index in [1.807, 2.05) is 0 Å². The van der Waals surface area contributed by atoms with Crippen molar-refractivity contribution in [2.45, 2.75) is 13.5 Å². The van der Waals surface area contributed by atoms with E-state index in [4.69, 9.17) is 37.4 Å². The van der Waals surface area contributed by atoms with Crippen molar-refractivity contribution >= 4 is 51.4 Å². The van der Waals surface area contributed by atoms with Gasteiger partial charge in [0, 0.05) is 15.6 Å². The van der Waals surface area contributed by atoms with E-state index in [1.165, 1.54) is 13.3 Å². The number of rotatable bonds is 7. The number of nitrogens with zero attached hydrogens (tertiary/aromatic N) is 1. The van der Waals surface area contributed by atoms with E-state index < -0.39 is 6.09 Å². The van der Waals surface area contributed by atoms with Gasteiger partial charge >= 0.3 is 6.09 Å². The summed E-state index contributed by atoms with van der Waals surface area (Å²) < 4.78 is 16.6. The molecular weight excluding hydrogens is 459 g/mol. The van der Waals surface area contributed by atoms with Gasteiger partial charge in [-0.2, -0.15) is 5.10 Å². The van der Waals surface area contributed by atoms with Crippen molar-refractivity contribution in [2.75, 3.05) is 13.7 Å². The third-order valence-electron chi connectivity index (χ3n) is 3.32. The number of halogens is 3. The van der Waals surface area contributed by atoms with Crippen LogP contribution in [0.1, 0.15) is 18.1 Å². The smallest absolute Gasteiger partial charge is 0.427 e. The molecular formula is C18H17BrCl2N2O4. The maximum absolute atomic E-state index is 11.2. The molecule has 0 aliphatic rings. The molecule has 0 atom stereocenters. The standard InChI is InChI=1S/C18H17BrCl2N2O4/c1-3-26-18(24)23-22-9-11-7-13(19)17(16(8-11)25-2)27-10-12-14(20)5-4-6-15(12)21/h4-9H,3,10H2,1-2H3,(H,23,24)/b22-9-. The van der Waals surface area contributed by atoms with E-state index in [1.54, 1.807) is 37.3 Å². The Kier molecular flexibility index (Phi) is 8.22. The van der Waals surface area contributed by atoms with Crippen LogP contribution in [0.15, 0.2) is 39.9 Å². The molecule has 6 nitrogen and oxygen atoms in total. The lowest BCUT2D eigenvalue weighted by atomic mass is 10.2. The lowest BCUT2D eigenvalue weighted by molar-refractivity contribution is 0.152. The van der Waals surface area contributed by atoms with Gasteiger partial charge in [0.15, 0.2) is 11.5 Å². The summed E-state index contributed by atoms with van der Waals surface area (Å²) in [6.45, 7) is 2.15. The van der Waals surface area contributed by atoms with E-state index in [0.717, 1.165) is 0 Å². The molecule has 2 aromatic rings. The lowest BCUT2D eigenvalue weighted by Gasteiger charge is -2.14. The normalized spacial score (nSPS) is 10.7. The quantitative estimate of drug-likeness (QED) is 0.428. The van der Waals surface area contributed by atoms with Crippen molar-refractivity contribution in [2.24, 2.45) is 5.10 Å². The second-order valence-electron chi connectivity index (χ2n) is 5.11. The van der Waals surface area contributed by atoms with Crippen molar-refractivity contribution in [3.05, 3.63) is 56.0 Å². The van der Waals surface area contributed by atoms with Gasteiger partial charge in [-0.25, -0.2) is 10.2 Å². The molecule has 1 N–H and O–H groups in total. The van der Waals surface area contributed by atoms with Crippen molar-refractivity contribution in [3.63, 3.8) is 0 Å². The molecule has 0 fully saturated rings. The molecule has 0 saturated heterocycles. The zero-order valence-electron chi connectivity index (χ0n) is 14.6. The minimum absolute atomic E-state index is 0.172. The second-order valence-corrected chi connectivity index (χ2v) is 6.78. The highest BCUT2D eigenvalue weighted by Crippen LogP contribution is 2.37. The molecule has 2 aromatic carbocycles. The Bertz CT molecular complexity index is 826. The summed E-state index contributed by atoms with van der Waals surface area (Å²) in [6, 6.07) is 8.74. The summed E-state index contributed by atoms with van der Waals surface area (Å²) >= 11 is 15.8. The number of amides is 1. The fraction of sp³-hybridized carbons (Fsp3) is 0.222. The number of hydrogen-bond acceptors (Lipinski definition) is 5. The van der Waals surface area contributed by atoms with Crippen molar-refractivity contribution in [1.29, 1.82) is 0 Å². The fourth-order valence-corrected chi connectivity index (χ4v) is 3.17. The first kappa shape index (κ1) is 21.3. The van der Waals surface area contributed by atoms with E-state index in [9.17, 15) is 4.79 Å². The fourth-order valence-electron chi connectivity index (χ4n) is 2.09. The SMILES string of the molecule is CCOC(=O)N/N=C\c1cc(Br)c(OCc2c(Cl)cccc2Cl)c(OC)c1. The van der Waals surface area contributed by atoms with Crippen LogP contribution in [-0.4, -0.2) is 26.0 Å². The summed E-state index contributed by atoms with van der Waals surface area (Å²) in [5.74, 6) is 0.967. The predicted molar refractivity (Wildman–Crippen MR) is 109 cm³/mol. The van der Waals surface area contributed by atoms with Crippen LogP contribution in [-0.2, 0) is 11.3 Å². The Labute approximate surface area is 175 Å². The number of carbonyl (C=O) groups excluding carboxylic acids is 1. The Morgan fingerprint density at radius 2 is 2.00 bits per heavy atom. The van der Waals surface area contributed by atoms with Gasteiger partial charge in [0.2, 0.25) is 0 Å². The minimum Gasteiger partial charge on any atom is -0.493 e. The van der Waals surface area contributed by atoms with Crippen molar-refractivity contribution < 1.29 is 19.0 Å². The molecule has 0 unspecified atom stereocenters. The van der Waals surface area contributed by atoms with Gasteiger partial charge in [-0.3, -0.25) is 0 Å².